The van der Waals surface area contributed by atoms with Gasteiger partial charge in [-0.3, -0.25) is 0 Å². The minimum atomic E-state index is 1.06. The summed E-state index contributed by atoms with van der Waals surface area (Å²) in [5.41, 5.74) is 1.06. The maximum Gasteiger partial charge on any atom is -0.0279 e. The van der Waals surface area contributed by atoms with Crippen molar-refractivity contribution in [2.24, 2.45) is 0 Å². The molecule has 0 amide bonds. The van der Waals surface area contributed by atoms with Crippen molar-refractivity contribution >= 4 is 9.24 Å². The lowest BCUT2D eigenvalue weighted by Crippen LogP contribution is -1.68. The second kappa shape index (κ2) is 10.1. The van der Waals surface area contributed by atoms with E-state index in [2.05, 4.69) is 22.4 Å². The summed E-state index contributed by atoms with van der Waals surface area (Å²) < 4.78 is 0. The molecule has 0 aromatic heterocycles. The van der Waals surface area contributed by atoms with Gasteiger partial charge in [-0.1, -0.05) is 79.5 Å². The number of rotatable bonds is 6. The van der Waals surface area contributed by atoms with Gasteiger partial charge in [-0.2, -0.15) is 0 Å². The lowest BCUT2D eigenvalue weighted by Gasteiger charge is -1.93. The minimum absolute atomic E-state index is 1.06. The average Bonchev–Trinajstić information content (AvgIpc) is 2.26. The molecule has 0 N–H and O–H groups in total. The molecule has 1 atom stereocenters. The van der Waals surface area contributed by atoms with E-state index in [1.54, 1.807) is 6.08 Å². The van der Waals surface area contributed by atoms with Crippen LogP contribution >= 0.6 is 9.24 Å². The first kappa shape index (κ1) is 14.6. The van der Waals surface area contributed by atoms with Crippen LogP contribution in [0.3, 0.4) is 0 Å². The van der Waals surface area contributed by atoms with E-state index in [-0.39, 0.29) is 0 Å². The summed E-state index contributed by atoms with van der Waals surface area (Å²) in [6.45, 7) is 9.41. The second-order valence-corrected chi connectivity index (χ2v) is 3.80. The molecule has 0 aliphatic carbocycles. The van der Waals surface area contributed by atoms with Crippen LogP contribution in [0.5, 0.6) is 0 Å². The van der Waals surface area contributed by atoms with Crippen LogP contribution in [0.15, 0.2) is 84.8 Å². The predicted octanol–water partition coefficient (Wildman–Crippen LogP) is 4.73. The molecular formula is C15H19P. The number of hydrogen-bond donors (Lipinski definition) is 0. The van der Waals surface area contributed by atoms with Crippen molar-refractivity contribution in [1.82, 2.24) is 0 Å². The zero-order chi connectivity index (χ0) is 12.2. The molecule has 1 heteroatoms. The first-order valence-electron chi connectivity index (χ1n) is 5.09. The van der Waals surface area contributed by atoms with Crippen molar-refractivity contribution < 1.29 is 0 Å². The molecule has 0 aromatic rings. The fraction of sp³-hybridized carbons (Fsp3) is 0.0667. The topological polar surface area (TPSA) is 0 Å². The van der Waals surface area contributed by atoms with E-state index in [9.17, 15) is 0 Å². The van der Waals surface area contributed by atoms with Crippen LogP contribution in [-0.2, 0) is 0 Å². The standard InChI is InChI=1S/C15H19P/c1-4-5-6-7-8-9-10-11-12-13-15(16)14(2)3/h4-13H,1-2,16H2,3H3/b6-5-,8-7-,10-9-,12-11-,15-13+. The summed E-state index contributed by atoms with van der Waals surface area (Å²) in [6, 6.07) is 0. The molecule has 0 nitrogen and oxygen atoms in total. The zero-order valence-corrected chi connectivity index (χ0v) is 10.9. The predicted molar refractivity (Wildman–Crippen MR) is 79.4 cm³/mol. The summed E-state index contributed by atoms with van der Waals surface area (Å²) in [4.78, 5) is 0. The molecule has 84 valence electrons. The molecule has 0 fully saturated rings. The van der Waals surface area contributed by atoms with Gasteiger partial charge in [-0.15, -0.1) is 9.24 Å². The fourth-order valence-electron chi connectivity index (χ4n) is 0.765. The van der Waals surface area contributed by atoms with Crippen molar-refractivity contribution in [3.63, 3.8) is 0 Å². The van der Waals surface area contributed by atoms with Crippen molar-refractivity contribution in [2.45, 2.75) is 6.92 Å². The van der Waals surface area contributed by atoms with Crippen molar-refractivity contribution in [3.05, 3.63) is 84.8 Å². The molecule has 0 saturated heterocycles. The Balaban J connectivity index is 4.01. The van der Waals surface area contributed by atoms with Crippen LogP contribution in [0.2, 0.25) is 0 Å². The third-order valence-corrected chi connectivity index (χ3v) is 2.37. The van der Waals surface area contributed by atoms with Gasteiger partial charge >= 0.3 is 0 Å². The van der Waals surface area contributed by atoms with Crippen molar-refractivity contribution in [2.75, 3.05) is 0 Å². The Bertz CT molecular complexity index is 363. The van der Waals surface area contributed by atoms with E-state index >= 15 is 0 Å². The molecule has 0 heterocycles. The molecule has 0 bridgehead atoms. The molecule has 0 radical (unpaired) electrons. The molecule has 0 saturated carbocycles. The normalized spacial score (nSPS) is 13.5. The quantitative estimate of drug-likeness (QED) is 0.457. The second-order valence-electron chi connectivity index (χ2n) is 3.18. The van der Waals surface area contributed by atoms with Crippen LogP contribution in [0.4, 0.5) is 0 Å². The van der Waals surface area contributed by atoms with Crippen LogP contribution in [0.25, 0.3) is 0 Å². The molecule has 16 heavy (non-hydrogen) atoms. The summed E-state index contributed by atoms with van der Waals surface area (Å²) in [5.74, 6) is 0. The molecular weight excluding hydrogens is 211 g/mol. The van der Waals surface area contributed by atoms with E-state index in [0.29, 0.717) is 0 Å². The molecule has 0 aromatic carbocycles. The first-order valence-corrected chi connectivity index (χ1v) is 5.67. The molecule has 0 aliphatic heterocycles. The lowest BCUT2D eigenvalue weighted by molar-refractivity contribution is 1.53. The van der Waals surface area contributed by atoms with Gasteiger partial charge in [0.1, 0.15) is 0 Å². The summed E-state index contributed by atoms with van der Waals surface area (Å²) >= 11 is 0. The van der Waals surface area contributed by atoms with Gasteiger partial charge in [-0.05, 0) is 12.2 Å². The minimum Gasteiger partial charge on any atom is -0.105 e. The Morgan fingerprint density at radius 3 is 1.75 bits per heavy atom. The smallest absolute Gasteiger partial charge is 0.0279 e. The van der Waals surface area contributed by atoms with Crippen LogP contribution in [0.1, 0.15) is 6.92 Å². The number of allylic oxidation sites excluding steroid dienone is 12. The van der Waals surface area contributed by atoms with E-state index in [0.717, 1.165) is 10.9 Å². The van der Waals surface area contributed by atoms with Gasteiger partial charge in [0.2, 0.25) is 0 Å². The summed E-state index contributed by atoms with van der Waals surface area (Å²) in [7, 11) is 2.65. The summed E-state index contributed by atoms with van der Waals surface area (Å²) in [5, 5.41) is 1.12. The van der Waals surface area contributed by atoms with E-state index < -0.39 is 0 Å². The molecule has 0 spiro atoms. The lowest BCUT2D eigenvalue weighted by atomic mass is 10.3. The highest BCUT2D eigenvalue weighted by Crippen LogP contribution is 2.14. The van der Waals surface area contributed by atoms with Gasteiger partial charge in [0.15, 0.2) is 0 Å². The first-order chi connectivity index (χ1) is 7.68. The maximum atomic E-state index is 3.84. The third-order valence-electron chi connectivity index (χ3n) is 1.68. The Hall–Kier alpha value is -1.39. The monoisotopic (exact) mass is 230 g/mol. The Morgan fingerprint density at radius 1 is 0.875 bits per heavy atom. The van der Waals surface area contributed by atoms with Gasteiger partial charge in [0.25, 0.3) is 0 Å². The largest absolute Gasteiger partial charge is 0.105 e. The average molecular weight is 230 g/mol. The highest BCUT2D eigenvalue weighted by molar-refractivity contribution is 7.23. The Kier molecular flexibility index (Phi) is 9.26. The van der Waals surface area contributed by atoms with Crippen LogP contribution < -0.4 is 0 Å². The van der Waals surface area contributed by atoms with Crippen LogP contribution in [-0.4, -0.2) is 0 Å². The summed E-state index contributed by atoms with van der Waals surface area (Å²) in [6.07, 6.45) is 19.4. The number of hydrogen-bond acceptors (Lipinski definition) is 0. The maximum absolute atomic E-state index is 3.84. The SMILES string of the molecule is C=C\C=C/C=C\C=C/C=C\C=C(\P)C(=C)C. The van der Waals surface area contributed by atoms with E-state index in [1.807, 2.05) is 61.6 Å². The molecule has 1 unspecified atom stereocenters. The highest BCUT2D eigenvalue weighted by atomic mass is 31.0. The van der Waals surface area contributed by atoms with Crippen molar-refractivity contribution in [3.8, 4) is 0 Å². The van der Waals surface area contributed by atoms with Gasteiger partial charge in [0.05, 0.1) is 0 Å². The van der Waals surface area contributed by atoms with Gasteiger partial charge in [0, 0.05) is 0 Å². The molecule has 0 rings (SSSR count). The third kappa shape index (κ3) is 9.18. The van der Waals surface area contributed by atoms with Gasteiger partial charge < -0.3 is 0 Å². The van der Waals surface area contributed by atoms with E-state index in [1.165, 1.54) is 0 Å². The molecule has 0 aliphatic rings. The van der Waals surface area contributed by atoms with Crippen LogP contribution in [0, 0.1) is 0 Å². The van der Waals surface area contributed by atoms with Gasteiger partial charge in [-0.25, -0.2) is 0 Å². The Labute approximate surface area is 101 Å². The van der Waals surface area contributed by atoms with E-state index in [4.69, 9.17) is 0 Å². The zero-order valence-electron chi connectivity index (χ0n) is 9.77. The fourth-order valence-corrected chi connectivity index (χ4v) is 0.876. The highest BCUT2D eigenvalue weighted by Gasteiger charge is 1.83. The Morgan fingerprint density at radius 2 is 1.31 bits per heavy atom. The van der Waals surface area contributed by atoms with Crippen molar-refractivity contribution in [1.29, 1.82) is 0 Å².